The number of aromatic nitrogens is 5. The molecule has 3 heterocycles. The van der Waals surface area contributed by atoms with Crippen LogP contribution in [0.1, 0.15) is 0 Å². The lowest BCUT2D eigenvalue weighted by atomic mass is 9.92. The number of benzene rings is 9. The van der Waals surface area contributed by atoms with Gasteiger partial charge in [-0.05, 0) is 110 Å². The maximum Gasteiger partial charge on any atom is 0.145 e. The number of imidazole rings is 1. The molecule has 0 unspecified atom stereocenters. The van der Waals surface area contributed by atoms with Crippen LogP contribution in [0.5, 0.6) is 0 Å². The van der Waals surface area contributed by atoms with Crippen LogP contribution in [-0.4, -0.2) is 24.1 Å². The maximum absolute atomic E-state index is 5.15. The Morgan fingerprint density at radius 1 is 0.345 bits per heavy atom. The van der Waals surface area contributed by atoms with E-state index >= 15 is 0 Å². The number of rotatable bonds is 5. The summed E-state index contributed by atoms with van der Waals surface area (Å²) >= 11 is 0. The van der Waals surface area contributed by atoms with E-state index in [1.165, 1.54) is 65.3 Å². The zero-order chi connectivity index (χ0) is 38.2. The lowest BCUT2D eigenvalue weighted by molar-refractivity contribution is 1.09. The third-order valence-corrected chi connectivity index (χ3v) is 11.7. The van der Waals surface area contributed by atoms with Gasteiger partial charge in [0.25, 0.3) is 0 Å². The fourth-order valence-electron chi connectivity index (χ4n) is 9.02. The van der Waals surface area contributed by atoms with Crippen LogP contribution >= 0.6 is 0 Å². The first-order chi connectivity index (χ1) is 28.8. The van der Waals surface area contributed by atoms with Gasteiger partial charge in [-0.1, -0.05) is 115 Å². The van der Waals surface area contributed by atoms with Crippen LogP contribution in [0.25, 0.3) is 110 Å². The molecule has 0 fully saturated rings. The highest BCUT2D eigenvalue weighted by atomic mass is 15.1. The fraction of sp³-hybridized carbons (Fsp3) is 0. The predicted octanol–water partition coefficient (Wildman–Crippen LogP) is 13.4. The molecule has 58 heavy (non-hydrogen) atoms. The van der Waals surface area contributed by atoms with Crippen LogP contribution in [0.4, 0.5) is 0 Å². The molecule has 9 aromatic carbocycles. The van der Waals surface area contributed by atoms with E-state index < -0.39 is 0 Å². The fourth-order valence-corrected chi connectivity index (χ4v) is 9.02. The smallest absolute Gasteiger partial charge is 0.145 e. The Bertz CT molecular complexity index is 3530. The zero-order valence-corrected chi connectivity index (χ0v) is 31.3. The molecule has 0 saturated heterocycles. The summed E-state index contributed by atoms with van der Waals surface area (Å²) in [5.41, 5.74) is 11.7. The number of nitrogens with zero attached hydrogens (tertiary/aromatic N) is 5. The van der Waals surface area contributed by atoms with E-state index in [0.717, 1.165) is 45.1 Å². The van der Waals surface area contributed by atoms with E-state index in [-0.39, 0.29) is 0 Å². The first-order valence-corrected chi connectivity index (χ1v) is 19.6. The summed E-state index contributed by atoms with van der Waals surface area (Å²) in [6.07, 6.45) is 5.22. The first kappa shape index (κ1) is 32.4. The Morgan fingerprint density at radius 3 is 1.64 bits per heavy atom. The molecule has 0 N–H and O–H groups in total. The lowest BCUT2D eigenvalue weighted by Crippen LogP contribution is -1.99. The zero-order valence-electron chi connectivity index (χ0n) is 31.3. The van der Waals surface area contributed by atoms with Gasteiger partial charge in [0, 0.05) is 45.7 Å². The van der Waals surface area contributed by atoms with Gasteiger partial charge in [-0.15, -0.1) is 0 Å². The summed E-state index contributed by atoms with van der Waals surface area (Å²) < 4.78 is 4.64. The topological polar surface area (TPSA) is 48.5 Å². The molecule has 5 nitrogen and oxygen atoms in total. The summed E-state index contributed by atoms with van der Waals surface area (Å²) in [7, 11) is 0. The predicted molar refractivity (Wildman–Crippen MR) is 240 cm³/mol. The van der Waals surface area contributed by atoms with Crippen molar-refractivity contribution in [1.29, 1.82) is 0 Å². The second kappa shape index (κ2) is 12.8. The summed E-state index contributed by atoms with van der Waals surface area (Å²) in [5, 5.41) is 10.2. The molecule has 0 aliphatic heterocycles. The first-order valence-electron chi connectivity index (χ1n) is 19.6. The van der Waals surface area contributed by atoms with Crippen molar-refractivity contribution in [3.63, 3.8) is 0 Å². The third-order valence-electron chi connectivity index (χ3n) is 11.7. The van der Waals surface area contributed by atoms with Crippen molar-refractivity contribution in [1.82, 2.24) is 24.1 Å². The van der Waals surface area contributed by atoms with Gasteiger partial charge in [-0.2, -0.15) is 0 Å². The van der Waals surface area contributed by atoms with Crippen molar-refractivity contribution in [2.75, 3.05) is 0 Å². The minimum atomic E-state index is 0.828. The van der Waals surface area contributed by atoms with Crippen molar-refractivity contribution in [2.45, 2.75) is 0 Å². The largest absolute Gasteiger partial charge is 0.309 e. The molecule has 0 atom stereocenters. The second-order valence-electron chi connectivity index (χ2n) is 14.9. The summed E-state index contributed by atoms with van der Waals surface area (Å²) in [6.45, 7) is 0. The van der Waals surface area contributed by atoms with Crippen LogP contribution in [-0.2, 0) is 0 Å². The number of para-hydroxylation sites is 3. The Labute approximate surface area is 333 Å². The van der Waals surface area contributed by atoms with Crippen molar-refractivity contribution in [3.05, 3.63) is 201 Å². The molecule has 12 rings (SSSR count). The van der Waals surface area contributed by atoms with Gasteiger partial charge in [0.15, 0.2) is 0 Å². The second-order valence-corrected chi connectivity index (χ2v) is 14.9. The SMILES string of the molecule is c1cc(-c2cnccn2)cc(-c2nc3ccccc3n2-c2ccc(-n3c4ccccc4c4cc(-c5ccc6c7ccccc7c7ccccc7c6c5)ccc43)cc2)c1. The number of hydrogen-bond donors (Lipinski definition) is 0. The van der Waals surface area contributed by atoms with E-state index in [2.05, 4.69) is 195 Å². The standard InChI is InChI=1S/C53H33N5/c1-2-14-42-40(12-1)41-13-3-4-15-43(41)46-31-34(20-26-44(42)46)35-21-27-51-47(32-35)45-16-5-7-18-50(45)57(51)38-22-24-39(25-23-38)58-52-19-8-6-17-48(52)56-53(58)37-11-9-10-36(30-37)49-33-54-28-29-55-49/h1-33H. The van der Waals surface area contributed by atoms with Crippen LogP contribution in [0, 0.1) is 0 Å². The lowest BCUT2D eigenvalue weighted by Gasteiger charge is -2.13. The molecule has 0 aliphatic carbocycles. The Kier molecular flexibility index (Phi) is 7.16. The average molecular weight is 740 g/mol. The Hall–Kier alpha value is -7.89. The maximum atomic E-state index is 5.15. The molecule has 0 bridgehead atoms. The van der Waals surface area contributed by atoms with Gasteiger partial charge in [-0.3, -0.25) is 14.5 Å². The van der Waals surface area contributed by atoms with E-state index in [9.17, 15) is 0 Å². The minimum Gasteiger partial charge on any atom is -0.309 e. The van der Waals surface area contributed by atoms with Crippen molar-refractivity contribution < 1.29 is 0 Å². The van der Waals surface area contributed by atoms with Crippen LogP contribution < -0.4 is 0 Å². The molecule has 0 radical (unpaired) electrons. The highest BCUT2D eigenvalue weighted by molar-refractivity contribution is 6.25. The van der Waals surface area contributed by atoms with E-state index in [4.69, 9.17) is 4.98 Å². The summed E-state index contributed by atoms with van der Waals surface area (Å²) in [6, 6.07) is 65.7. The molecule has 0 saturated carbocycles. The van der Waals surface area contributed by atoms with Gasteiger partial charge < -0.3 is 4.57 Å². The van der Waals surface area contributed by atoms with Gasteiger partial charge in [0.2, 0.25) is 0 Å². The molecular weight excluding hydrogens is 707 g/mol. The molecule has 270 valence electrons. The summed E-state index contributed by atoms with van der Waals surface area (Å²) in [5.74, 6) is 0.874. The van der Waals surface area contributed by atoms with Gasteiger partial charge in [-0.25, -0.2) is 4.98 Å². The molecule has 5 heteroatoms. The van der Waals surface area contributed by atoms with Crippen LogP contribution in [0.3, 0.4) is 0 Å². The molecule has 3 aromatic heterocycles. The third kappa shape index (κ3) is 5.00. The van der Waals surface area contributed by atoms with Crippen molar-refractivity contribution in [2.24, 2.45) is 0 Å². The molecular formula is C53H33N5. The molecule has 0 aliphatic rings. The number of hydrogen-bond acceptors (Lipinski definition) is 3. The van der Waals surface area contributed by atoms with Crippen LogP contribution in [0.2, 0.25) is 0 Å². The van der Waals surface area contributed by atoms with Crippen molar-refractivity contribution >= 4 is 65.2 Å². The molecule has 12 aromatic rings. The Balaban J connectivity index is 0.976. The molecule has 0 amide bonds. The summed E-state index contributed by atoms with van der Waals surface area (Å²) in [4.78, 5) is 14.0. The quantitative estimate of drug-likeness (QED) is 0.165. The van der Waals surface area contributed by atoms with E-state index in [0.29, 0.717) is 0 Å². The van der Waals surface area contributed by atoms with E-state index in [1.54, 1.807) is 18.6 Å². The van der Waals surface area contributed by atoms with Crippen LogP contribution in [0.15, 0.2) is 201 Å². The normalized spacial score (nSPS) is 11.8. The van der Waals surface area contributed by atoms with Gasteiger partial charge in [0.05, 0.1) is 34.0 Å². The highest BCUT2D eigenvalue weighted by Crippen LogP contribution is 2.40. The molecule has 0 spiro atoms. The van der Waals surface area contributed by atoms with Gasteiger partial charge >= 0.3 is 0 Å². The van der Waals surface area contributed by atoms with E-state index in [1.807, 2.05) is 6.07 Å². The average Bonchev–Trinajstić information content (AvgIpc) is 3.86. The highest BCUT2D eigenvalue weighted by Gasteiger charge is 2.18. The van der Waals surface area contributed by atoms with Gasteiger partial charge in [0.1, 0.15) is 5.82 Å². The van der Waals surface area contributed by atoms with Crippen molar-refractivity contribution in [3.8, 4) is 45.1 Å². The number of fused-ring (bicyclic) bond motifs is 10. The monoisotopic (exact) mass is 739 g/mol. The minimum absolute atomic E-state index is 0.828. The Morgan fingerprint density at radius 2 is 0.914 bits per heavy atom.